The van der Waals surface area contributed by atoms with Crippen molar-refractivity contribution in [3.63, 3.8) is 0 Å². The minimum absolute atomic E-state index is 0.0176. The smallest absolute Gasteiger partial charge is 0.277 e. The lowest BCUT2D eigenvalue weighted by Crippen LogP contribution is -2.24. The molecular formula is C24H29N5O. The lowest BCUT2D eigenvalue weighted by atomic mass is 10.1. The Kier molecular flexibility index (Phi) is 6.23. The lowest BCUT2D eigenvalue weighted by molar-refractivity contribution is 0.327. The Morgan fingerprint density at radius 1 is 1.00 bits per heavy atom. The van der Waals surface area contributed by atoms with Crippen LogP contribution in [0.2, 0.25) is 0 Å². The molecule has 0 radical (unpaired) electrons. The van der Waals surface area contributed by atoms with E-state index in [-0.39, 0.29) is 11.4 Å². The van der Waals surface area contributed by atoms with Crippen LogP contribution in [0.3, 0.4) is 0 Å². The van der Waals surface area contributed by atoms with Crippen LogP contribution in [0.1, 0.15) is 37.7 Å². The predicted octanol–water partition coefficient (Wildman–Crippen LogP) is 3.61. The summed E-state index contributed by atoms with van der Waals surface area (Å²) in [7, 11) is 0. The quantitative estimate of drug-likeness (QED) is 0.342. The molecule has 30 heavy (non-hydrogen) atoms. The van der Waals surface area contributed by atoms with Gasteiger partial charge in [-0.15, -0.1) is 0 Å². The van der Waals surface area contributed by atoms with Crippen molar-refractivity contribution in [1.82, 2.24) is 14.5 Å². The summed E-state index contributed by atoms with van der Waals surface area (Å²) in [4.78, 5) is 20.5. The summed E-state index contributed by atoms with van der Waals surface area (Å²) in [5, 5.41) is 7.68. The third kappa shape index (κ3) is 4.44. The summed E-state index contributed by atoms with van der Waals surface area (Å²) < 4.78 is 1.86. The van der Waals surface area contributed by atoms with Crippen molar-refractivity contribution in [3.8, 4) is 11.3 Å². The van der Waals surface area contributed by atoms with E-state index in [1.807, 2.05) is 41.0 Å². The zero-order chi connectivity index (χ0) is 20.9. The number of benzene rings is 2. The highest BCUT2D eigenvalue weighted by Crippen LogP contribution is 2.19. The number of aryl methyl sites for hydroxylation is 1. The molecule has 1 fully saturated rings. The van der Waals surface area contributed by atoms with Gasteiger partial charge in [0.05, 0.1) is 11.0 Å². The number of likely N-dealkylation sites (tertiary alicyclic amines) is 1. The number of aromatic nitrogens is 2. The average Bonchev–Trinajstić information content (AvgIpc) is 3.28. The van der Waals surface area contributed by atoms with E-state index in [0.29, 0.717) is 23.4 Å². The topological polar surface area (TPSA) is 88.0 Å². The number of unbranched alkanes of at least 4 members (excludes halogenated alkanes) is 2. The monoisotopic (exact) mass is 403 g/mol. The van der Waals surface area contributed by atoms with Crippen molar-refractivity contribution >= 4 is 16.9 Å². The molecule has 3 aromatic rings. The van der Waals surface area contributed by atoms with Crippen LogP contribution >= 0.6 is 0 Å². The second-order valence-corrected chi connectivity index (χ2v) is 8.01. The van der Waals surface area contributed by atoms with Gasteiger partial charge in [-0.1, -0.05) is 36.8 Å². The van der Waals surface area contributed by atoms with Gasteiger partial charge < -0.3 is 15.2 Å². The van der Waals surface area contributed by atoms with Crippen LogP contribution in [0, 0.1) is 5.41 Å². The first-order valence-electron chi connectivity index (χ1n) is 10.8. The number of amidine groups is 1. The predicted molar refractivity (Wildman–Crippen MR) is 122 cm³/mol. The van der Waals surface area contributed by atoms with Gasteiger partial charge in [0.1, 0.15) is 11.5 Å². The number of fused-ring (bicyclic) bond motifs is 1. The average molecular weight is 404 g/mol. The molecule has 4 rings (SSSR count). The summed E-state index contributed by atoms with van der Waals surface area (Å²) in [5.41, 5.74) is 8.92. The highest BCUT2D eigenvalue weighted by molar-refractivity contribution is 5.96. The van der Waals surface area contributed by atoms with Crippen LogP contribution in [0.5, 0.6) is 0 Å². The standard InChI is InChI=1S/C24H29N5O/c25-23(26)19-10-8-9-18(17-19)22-24(30)29(21-12-3-2-11-20(21)27-22)16-5-1-4-13-28-14-6-7-15-28/h2-3,8-12,17H,1,4-7,13-16H2,(H3,25,26). The summed E-state index contributed by atoms with van der Waals surface area (Å²) in [6.07, 6.45) is 5.90. The van der Waals surface area contributed by atoms with Gasteiger partial charge in [0, 0.05) is 17.7 Å². The van der Waals surface area contributed by atoms with Gasteiger partial charge in [0.25, 0.3) is 5.56 Å². The highest BCUT2D eigenvalue weighted by Gasteiger charge is 2.14. The number of nitrogens with one attached hydrogen (secondary N) is 1. The number of hydrogen-bond donors (Lipinski definition) is 2. The summed E-state index contributed by atoms with van der Waals surface area (Å²) in [6, 6.07) is 15.0. The number of para-hydroxylation sites is 2. The largest absolute Gasteiger partial charge is 0.384 e. The molecule has 0 bridgehead atoms. The molecule has 0 aliphatic carbocycles. The number of hydrogen-bond acceptors (Lipinski definition) is 4. The van der Waals surface area contributed by atoms with Crippen molar-refractivity contribution in [3.05, 3.63) is 64.4 Å². The molecule has 0 unspecified atom stereocenters. The number of nitrogens with zero attached hydrogens (tertiary/aromatic N) is 3. The molecule has 0 amide bonds. The van der Waals surface area contributed by atoms with Crippen LogP contribution in [0.4, 0.5) is 0 Å². The van der Waals surface area contributed by atoms with E-state index >= 15 is 0 Å². The van der Waals surface area contributed by atoms with Crippen LogP contribution in [-0.4, -0.2) is 39.9 Å². The fraction of sp³-hybridized carbons (Fsp3) is 0.375. The van der Waals surface area contributed by atoms with Crippen LogP contribution in [-0.2, 0) is 6.54 Å². The Hall–Kier alpha value is -2.99. The van der Waals surface area contributed by atoms with Crippen molar-refractivity contribution in [1.29, 1.82) is 5.41 Å². The molecule has 2 heterocycles. The molecule has 156 valence electrons. The second kappa shape index (κ2) is 9.22. The van der Waals surface area contributed by atoms with Crippen LogP contribution in [0.15, 0.2) is 53.3 Å². The Balaban J connectivity index is 1.58. The first kappa shape index (κ1) is 20.3. The van der Waals surface area contributed by atoms with Crippen molar-refractivity contribution in [2.75, 3.05) is 19.6 Å². The zero-order valence-corrected chi connectivity index (χ0v) is 17.3. The maximum atomic E-state index is 13.3. The number of nitrogens with two attached hydrogens (primary N) is 1. The van der Waals surface area contributed by atoms with E-state index in [9.17, 15) is 4.79 Å². The molecule has 1 aliphatic rings. The van der Waals surface area contributed by atoms with E-state index in [4.69, 9.17) is 11.1 Å². The zero-order valence-electron chi connectivity index (χ0n) is 17.3. The molecule has 0 saturated carbocycles. The van der Waals surface area contributed by atoms with Gasteiger partial charge >= 0.3 is 0 Å². The third-order valence-electron chi connectivity index (χ3n) is 5.85. The van der Waals surface area contributed by atoms with Gasteiger partial charge in [-0.2, -0.15) is 0 Å². The fourth-order valence-electron chi connectivity index (χ4n) is 4.22. The number of rotatable bonds is 8. The van der Waals surface area contributed by atoms with Gasteiger partial charge in [0.2, 0.25) is 0 Å². The second-order valence-electron chi connectivity index (χ2n) is 8.01. The molecule has 3 N–H and O–H groups in total. The van der Waals surface area contributed by atoms with Gasteiger partial charge in [-0.05, 0) is 63.5 Å². The molecule has 6 nitrogen and oxygen atoms in total. The molecule has 0 spiro atoms. The van der Waals surface area contributed by atoms with E-state index in [1.165, 1.54) is 32.4 Å². The Morgan fingerprint density at radius 3 is 2.57 bits per heavy atom. The molecule has 6 heteroatoms. The lowest BCUT2D eigenvalue weighted by Gasteiger charge is -2.15. The van der Waals surface area contributed by atoms with E-state index < -0.39 is 0 Å². The molecule has 1 saturated heterocycles. The minimum atomic E-state index is -0.0889. The Morgan fingerprint density at radius 2 is 1.77 bits per heavy atom. The summed E-state index contributed by atoms with van der Waals surface area (Å²) in [6.45, 7) is 4.31. The molecule has 1 aromatic heterocycles. The maximum absolute atomic E-state index is 13.3. The van der Waals surface area contributed by atoms with E-state index in [0.717, 1.165) is 30.4 Å². The maximum Gasteiger partial charge on any atom is 0.277 e. The van der Waals surface area contributed by atoms with Crippen molar-refractivity contribution in [2.24, 2.45) is 5.73 Å². The highest BCUT2D eigenvalue weighted by atomic mass is 16.1. The normalized spacial score (nSPS) is 14.4. The van der Waals surface area contributed by atoms with E-state index in [2.05, 4.69) is 9.88 Å². The molecular weight excluding hydrogens is 374 g/mol. The SMILES string of the molecule is N=C(N)c1cccc(-c2nc3ccccc3n(CCCCCN3CCCC3)c2=O)c1. The Labute approximate surface area is 176 Å². The number of nitrogen functional groups attached to an aromatic ring is 1. The molecule has 0 atom stereocenters. The van der Waals surface area contributed by atoms with Gasteiger partial charge in [0.15, 0.2) is 0 Å². The fourth-order valence-corrected chi connectivity index (χ4v) is 4.22. The van der Waals surface area contributed by atoms with Crippen LogP contribution in [0.25, 0.3) is 22.3 Å². The molecule has 2 aromatic carbocycles. The van der Waals surface area contributed by atoms with E-state index in [1.54, 1.807) is 12.1 Å². The summed E-state index contributed by atoms with van der Waals surface area (Å²) in [5.74, 6) is -0.0176. The summed E-state index contributed by atoms with van der Waals surface area (Å²) >= 11 is 0. The van der Waals surface area contributed by atoms with Gasteiger partial charge in [-0.3, -0.25) is 10.2 Å². The van der Waals surface area contributed by atoms with Crippen LogP contribution < -0.4 is 11.3 Å². The molecule has 1 aliphatic heterocycles. The van der Waals surface area contributed by atoms with Gasteiger partial charge in [-0.25, -0.2) is 4.98 Å². The first-order chi connectivity index (χ1) is 14.6. The minimum Gasteiger partial charge on any atom is -0.384 e. The van der Waals surface area contributed by atoms with Crippen molar-refractivity contribution in [2.45, 2.75) is 38.6 Å². The Bertz CT molecular complexity index is 1100. The van der Waals surface area contributed by atoms with Crippen molar-refractivity contribution < 1.29 is 0 Å². The third-order valence-corrected chi connectivity index (χ3v) is 5.85. The first-order valence-corrected chi connectivity index (χ1v) is 10.8.